The van der Waals surface area contributed by atoms with Crippen LogP contribution in [0.4, 0.5) is 4.79 Å². The van der Waals surface area contributed by atoms with Crippen molar-refractivity contribution in [1.82, 2.24) is 5.32 Å². The van der Waals surface area contributed by atoms with E-state index in [1.165, 1.54) is 11.1 Å². The third kappa shape index (κ3) is 5.26. The van der Waals surface area contributed by atoms with Crippen LogP contribution >= 0.6 is 0 Å². The smallest absolute Gasteiger partial charge is 0.407 e. The molecule has 1 amide bonds. The summed E-state index contributed by atoms with van der Waals surface area (Å²) in [4.78, 5) is 24.7. The fourth-order valence-electron chi connectivity index (χ4n) is 5.24. The molecule has 1 atom stereocenters. The number of aliphatic carboxylic acids is 1. The molecular formula is C32H29NO4. The van der Waals surface area contributed by atoms with Crippen molar-refractivity contribution in [3.05, 3.63) is 119 Å². The van der Waals surface area contributed by atoms with Crippen LogP contribution in [0.3, 0.4) is 0 Å². The summed E-state index contributed by atoms with van der Waals surface area (Å²) in [5.41, 5.74) is 9.73. The Morgan fingerprint density at radius 1 is 0.811 bits per heavy atom. The maximum absolute atomic E-state index is 12.7. The SMILES string of the molecule is Cc1cc(C)cc(-c2cccc(CC(NC(=O)OCC3c4ccccc4-c4ccccc43)C(=O)O)c2)c1. The molecule has 1 aliphatic rings. The van der Waals surface area contributed by atoms with Crippen molar-refractivity contribution in [3.63, 3.8) is 0 Å². The van der Waals surface area contributed by atoms with Gasteiger partial charge in [0.15, 0.2) is 0 Å². The Labute approximate surface area is 216 Å². The van der Waals surface area contributed by atoms with Crippen LogP contribution in [0.2, 0.25) is 0 Å². The predicted molar refractivity (Wildman–Crippen MR) is 145 cm³/mol. The highest BCUT2D eigenvalue weighted by atomic mass is 16.5. The summed E-state index contributed by atoms with van der Waals surface area (Å²) in [5.74, 6) is -1.19. The normalized spacial score (nSPS) is 12.9. The highest BCUT2D eigenvalue weighted by Crippen LogP contribution is 2.44. The monoisotopic (exact) mass is 491 g/mol. The number of hydrogen-bond donors (Lipinski definition) is 2. The second kappa shape index (κ2) is 10.3. The summed E-state index contributed by atoms with van der Waals surface area (Å²) in [5, 5.41) is 12.4. The number of benzene rings is 4. The Morgan fingerprint density at radius 3 is 2.05 bits per heavy atom. The molecule has 0 saturated heterocycles. The molecule has 1 aliphatic carbocycles. The van der Waals surface area contributed by atoms with Gasteiger partial charge < -0.3 is 15.2 Å². The van der Waals surface area contributed by atoms with Gasteiger partial charge >= 0.3 is 12.1 Å². The number of carbonyl (C=O) groups is 2. The molecule has 2 N–H and O–H groups in total. The number of hydrogen-bond acceptors (Lipinski definition) is 3. The average molecular weight is 492 g/mol. The maximum atomic E-state index is 12.7. The minimum Gasteiger partial charge on any atom is -0.480 e. The molecule has 0 aliphatic heterocycles. The number of amides is 1. The first-order valence-corrected chi connectivity index (χ1v) is 12.4. The number of nitrogens with one attached hydrogen (secondary N) is 1. The number of ether oxygens (including phenoxy) is 1. The molecule has 4 aromatic rings. The molecule has 0 heterocycles. The van der Waals surface area contributed by atoms with Crippen molar-refractivity contribution < 1.29 is 19.4 Å². The second-order valence-electron chi connectivity index (χ2n) is 9.64. The van der Waals surface area contributed by atoms with E-state index in [4.69, 9.17) is 4.74 Å². The third-order valence-corrected chi connectivity index (χ3v) is 6.86. The number of aryl methyl sites for hydroxylation is 2. The summed E-state index contributed by atoms with van der Waals surface area (Å²) >= 11 is 0. The van der Waals surface area contributed by atoms with Gasteiger partial charge in [-0.3, -0.25) is 0 Å². The first-order valence-electron chi connectivity index (χ1n) is 12.4. The van der Waals surface area contributed by atoms with Gasteiger partial charge in [-0.25, -0.2) is 9.59 Å². The van der Waals surface area contributed by atoms with Crippen LogP contribution in [0.5, 0.6) is 0 Å². The summed E-state index contributed by atoms with van der Waals surface area (Å²) in [6.45, 7) is 4.24. The molecule has 5 nitrogen and oxygen atoms in total. The Kier molecular flexibility index (Phi) is 6.78. The standard InChI is InChI=1S/C32H29NO4/c1-20-14-21(2)16-24(15-20)23-9-7-8-22(17-23)18-30(31(34)35)33-32(36)37-19-29-27-12-5-3-10-25(27)26-11-4-6-13-28(26)29/h3-17,29-30H,18-19H2,1-2H3,(H,33,36)(H,34,35). The third-order valence-electron chi connectivity index (χ3n) is 6.86. The Morgan fingerprint density at radius 2 is 1.43 bits per heavy atom. The van der Waals surface area contributed by atoms with Crippen molar-refractivity contribution in [2.24, 2.45) is 0 Å². The van der Waals surface area contributed by atoms with Gasteiger partial charge in [0.25, 0.3) is 0 Å². The van der Waals surface area contributed by atoms with Gasteiger partial charge in [-0.2, -0.15) is 0 Å². The molecule has 0 aromatic heterocycles. The van der Waals surface area contributed by atoms with Crippen LogP contribution in [0.1, 0.15) is 33.7 Å². The van der Waals surface area contributed by atoms with Crippen molar-refractivity contribution in [2.45, 2.75) is 32.2 Å². The summed E-state index contributed by atoms with van der Waals surface area (Å²) in [6, 6.07) is 29.2. The molecule has 0 spiro atoms. The quantitative estimate of drug-likeness (QED) is 0.309. The molecular weight excluding hydrogens is 462 g/mol. The molecule has 0 fully saturated rings. The number of carboxylic acids is 1. The van der Waals surface area contributed by atoms with Gasteiger partial charge in [0.2, 0.25) is 0 Å². The minimum absolute atomic E-state index is 0.0871. The van der Waals surface area contributed by atoms with Crippen LogP contribution in [0.15, 0.2) is 91.0 Å². The Bertz CT molecular complexity index is 1410. The van der Waals surface area contributed by atoms with E-state index in [0.29, 0.717) is 0 Å². The summed E-state index contributed by atoms with van der Waals surface area (Å²) < 4.78 is 5.56. The number of fused-ring (bicyclic) bond motifs is 3. The van der Waals surface area contributed by atoms with Crippen LogP contribution in [0.25, 0.3) is 22.3 Å². The van der Waals surface area contributed by atoms with E-state index in [2.05, 4.69) is 49.5 Å². The zero-order chi connectivity index (χ0) is 25.9. The van der Waals surface area contributed by atoms with E-state index in [1.807, 2.05) is 60.7 Å². The second-order valence-corrected chi connectivity index (χ2v) is 9.64. The topological polar surface area (TPSA) is 75.6 Å². The largest absolute Gasteiger partial charge is 0.480 e. The molecule has 1 unspecified atom stereocenters. The number of carboxylic acid groups (broad SMARTS) is 1. The lowest BCUT2D eigenvalue weighted by Gasteiger charge is -2.18. The molecule has 5 heteroatoms. The maximum Gasteiger partial charge on any atom is 0.407 e. The molecule has 37 heavy (non-hydrogen) atoms. The van der Waals surface area contributed by atoms with E-state index >= 15 is 0 Å². The molecule has 0 radical (unpaired) electrons. The first-order chi connectivity index (χ1) is 17.9. The van der Waals surface area contributed by atoms with Crippen LogP contribution < -0.4 is 5.32 Å². The predicted octanol–water partition coefficient (Wildman–Crippen LogP) is 6.50. The van der Waals surface area contributed by atoms with Crippen LogP contribution in [-0.4, -0.2) is 29.8 Å². The average Bonchev–Trinajstić information content (AvgIpc) is 3.20. The molecule has 186 valence electrons. The first kappa shape index (κ1) is 24.3. The fraction of sp³-hybridized carbons (Fsp3) is 0.188. The zero-order valence-electron chi connectivity index (χ0n) is 20.9. The lowest BCUT2D eigenvalue weighted by Crippen LogP contribution is -2.42. The van der Waals surface area contributed by atoms with Gasteiger partial charge in [0, 0.05) is 12.3 Å². The van der Waals surface area contributed by atoms with E-state index in [1.54, 1.807) is 0 Å². The fourth-order valence-corrected chi connectivity index (χ4v) is 5.24. The molecule has 0 saturated carbocycles. The van der Waals surface area contributed by atoms with Gasteiger partial charge in [0.1, 0.15) is 12.6 Å². The van der Waals surface area contributed by atoms with Gasteiger partial charge in [0.05, 0.1) is 0 Å². The van der Waals surface area contributed by atoms with Gasteiger partial charge in [-0.1, -0.05) is 102 Å². The highest BCUT2D eigenvalue weighted by Gasteiger charge is 2.29. The van der Waals surface area contributed by atoms with E-state index in [9.17, 15) is 14.7 Å². The lowest BCUT2D eigenvalue weighted by atomic mass is 9.97. The van der Waals surface area contributed by atoms with E-state index < -0.39 is 18.1 Å². The number of alkyl carbamates (subject to hydrolysis) is 1. The highest BCUT2D eigenvalue weighted by molar-refractivity contribution is 5.81. The van der Waals surface area contributed by atoms with Crippen LogP contribution in [0, 0.1) is 13.8 Å². The summed E-state index contributed by atoms with van der Waals surface area (Å²) in [6.07, 6.45) is -0.585. The lowest BCUT2D eigenvalue weighted by molar-refractivity contribution is -0.139. The van der Waals surface area contributed by atoms with Crippen molar-refractivity contribution >= 4 is 12.1 Å². The number of carbonyl (C=O) groups excluding carboxylic acids is 1. The van der Waals surface area contributed by atoms with Gasteiger partial charge in [-0.05, 0) is 52.8 Å². The minimum atomic E-state index is -1.11. The van der Waals surface area contributed by atoms with E-state index in [0.717, 1.165) is 38.9 Å². The molecule has 5 rings (SSSR count). The van der Waals surface area contributed by atoms with Crippen molar-refractivity contribution in [3.8, 4) is 22.3 Å². The number of rotatable bonds is 7. The van der Waals surface area contributed by atoms with Crippen LogP contribution in [-0.2, 0) is 16.0 Å². The van der Waals surface area contributed by atoms with Gasteiger partial charge in [-0.15, -0.1) is 0 Å². The van der Waals surface area contributed by atoms with Crippen molar-refractivity contribution in [1.29, 1.82) is 0 Å². The Hall–Kier alpha value is -4.38. The molecule has 0 bridgehead atoms. The Balaban J connectivity index is 1.27. The summed E-state index contributed by atoms with van der Waals surface area (Å²) in [7, 11) is 0. The van der Waals surface area contributed by atoms with Crippen molar-refractivity contribution in [2.75, 3.05) is 6.61 Å². The van der Waals surface area contributed by atoms with E-state index in [-0.39, 0.29) is 18.9 Å². The molecule has 4 aromatic carbocycles. The zero-order valence-corrected chi connectivity index (χ0v) is 20.9.